The van der Waals surface area contributed by atoms with Crippen molar-refractivity contribution in [1.82, 2.24) is 19.8 Å². The molecule has 1 amide bonds. The standard InChI is InChI=1S/C21H20ClN5O2/c1-26-19-7-15(22)2-3-17(19)18(8-23)20(26)14-6-13(9-24-11-14)10-25-16-4-5-27(12-16)21(28)29/h2-3,6-7,9,11,16,25H,4-5,10,12H2,1H3,(H,28,29)/t16-/m1/s1. The maximum atomic E-state index is 11.1. The molecule has 4 rings (SSSR count). The number of amides is 1. The molecule has 1 fully saturated rings. The maximum Gasteiger partial charge on any atom is 0.407 e. The van der Waals surface area contributed by atoms with E-state index in [0.29, 0.717) is 30.2 Å². The predicted octanol–water partition coefficient (Wildman–Crippen LogP) is 3.61. The zero-order valence-electron chi connectivity index (χ0n) is 15.9. The molecule has 3 heterocycles. The van der Waals surface area contributed by atoms with E-state index < -0.39 is 6.09 Å². The van der Waals surface area contributed by atoms with Gasteiger partial charge in [0.1, 0.15) is 6.07 Å². The van der Waals surface area contributed by atoms with Crippen LogP contribution in [-0.2, 0) is 13.6 Å². The number of likely N-dealkylation sites (tertiary alicyclic amines) is 1. The molecule has 1 aliphatic heterocycles. The van der Waals surface area contributed by atoms with E-state index >= 15 is 0 Å². The van der Waals surface area contributed by atoms with Gasteiger partial charge in [-0.3, -0.25) is 4.98 Å². The third kappa shape index (κ3) is 3.65. The number of carbonyl (C=O) groups is 1. The summed E-state index contributed by atoms with van der Waals surface area (Å²) in [6.45, 7) is 1.62. The number of aromatic nitrogens is 2. The van der Waals surface area contributed by atoms with Gasteiger partial charge in [-0.2, -0.15) is 5.26 Å². The first-order valence-electron chi connectivity index (χ1n) is 9.31. The second-order valence-corrected chi connectivity index (χ2v) is 7.67. The summed E-state index contributed by atoms with van der Waals surface area (Å²) in [7, 11) is 1.92. The molecule has 148 valence electrons. The molecule has 0 unspecified atom stereocenters. The summed E-state index contributed by atoms with van der Waals surface area (Å²) >= 11 is 6.14. The number of nitrogens with zero attached hydrogens (tertiary/aromatic N) is 4. The number of nitriles is 1. The Morgan fingerprint density at radius 1 is 1.41 bits per heavy atom. The molecule has 0 radical (unpaired) electrons. The number of rotatable bonds is 4. The van der Waals surface area contributed by atoms with Gasteiger partial charge < -0.3 is 19.9 Å². The van der Waals surface area contributed by atoms with Crippen LogP contribution >= 0.6 is 11.6 Å². The van der Waals surface area contributed by atoms with Crippen LogP contribution in [0.5, 0.6) is 0 Å². The molecule has 1 aliphatic rings. The Balaban J connectivity index is 1.60. The van der Waals surface area contributed by atoms with Crippen molar-refractivity contribution in [3.05, 3.63) is 52.8 Å². The van der Waals surface area contributed by atoms with Crippen LogP contribution in [0.1, 0.15) is 17.5 Å². The summed E-state index contributed by atoms with van der Waals surface area (Å²) in [6, 6.07) is 9.97. The van der Waals surface area contributed by atoms with Crippen molar-refractivity contribution in [3.8, 4) is 17.3 Å². The quantitative estimate of drug-likeness (QED) is 0.686. The molecular formula is C21H20ClN5O2. The number of carboxylic acid groups (broad SMARTS) is 1. The number of hydrogen-bond acceptors (Lipinski definition) is 4. The highest BCUT2D eigenvalue weighted by molar-refractivity contribution is 6.31. The zero-order chi connectivity index (χ0) is 20.5. The summed E-state index contributed by atoms with van der Waals surface area (Å²) in [4.78, 5) is 16.8. The molecule has 3 aromatic rings. The third-order valence-electron chi connectivity index (χ3n) is 5.40. The van der Waals surface area contributed by atoms with Crippen molar-refractivity contribution in [1.29, 1.82) is 5.26 Å². The molecule has 8 heteroatoms. The van der Waals surface area contributed by atoms with Gasteiger partial charge in [0.25, 0.3) is 0 Å². The van der Waals surface area contributed by atoms with Gasteiger partial charge in [0, 0.05) is 61.1 Å². The van der Waals surface area contributed by atoms with E-state index in [1.165, 1.54) is 4.90 Å². The fourth-order valence-corrected chi connectivity index (χ4v) is 4.10. The van der Waals surface area contributed by atoms with E-state index in [9.17, 15) is 10.1 Å². The average Bonchev–Trinajstić information content (AvgIpc) is 3.29. The van der Waals surface area contributed by atoms with Crippen LogP contribution in [-0.4, -0.2) is 44.8 Å². The van der Waals surface area contributed by atoms with Crippen LogP contribution in [0.25, 0.3) is 22.2 Å². The minimum atomic E-state index is -0.877. The van der Waals surface area contributed by atoms with E-state index in [1.54, 1.807) is 18.5 Å². The summed E-state index contributed by atoms with van der Waals surface area (Å²) < 4.78 is 1.97. The van der Waals surface area contributed by atoms with Gasteiger partial charge in [0.15, 0.2) is 0 Å². The second kappa shape index (κ2) is 7.74. The van der Waals surface area contributed by atoms with E-state index in [2.05, 4.69) is 16.4 Å². The summed E-state index contributed by atoms with van der Waals surface area (Å²) in [5, 5.41) is 23.7. The average molecular weight is 410 g/mol. The minimum Gasteiger partial charge on any atom is -0.465 e. The van der Waals surface area contributed by atoms with Gasteiger partial charge in [-0.1, -0.05) is 11.6 Å². The maximum absolute atomic E-state index is 11.1. The fraction of sp³-hybridized carbons (Fsp3) is 0.286. The lowest BCUT2D eigenvalue weighted by atomic mass is 10.1. The Bertz CT molecular complexity index is 1130. The Morgan fingerprint density at radius 2 is 2.24 bits per heavy atom. The van der Waals surface area contributed by atoms with Crippen molar-refractivity contribution in [2.75, 3.05) is 13.1 Å². The number of halogens is 1. The fourth-order valence-electron chi connectivity index (χ4n) is 3.94. The number of benzene rings is 1. The molecular weight excluding hydrogens is 390 g/mol. The number of fused-ring (bicyclic) bond motifs is 1. The topological polar surface area (TPSA) is 94.2 Å². The largest absolute Gasteiger partial charge is 0.465 e. The van der Waals surface area contributed by atoms with Crippen molar-refractivity contribution in [2.24, 2.45) is 7.05 Å². The van der Waals surface area contributed by atoms with Crippen molar-refractivity contribution < 1.29 is 9.90 Å². The van der Waals surface area contributed by atoms with Gasteiger partial charge in [0.05, 0.1) is 16.8 Å². The zero-order valence-corrected chi connectivity index (χ0v) is 16.6. The number of aryl methyl sites for hydroxylation is 1. The first kappa shape index (κ1) is 19.2. The molecule has 1 aromatic carbocycles. The van der Waals surface area contributed by atoms with Crippen LogP contribution in [0.2, 0.25) is 5.02 Å². The number of hydrogen-bond donors (Lipinski definition) is 2. The lowest BCUT2D eigenvalue weighted by Gasteiger charge is -2.14. The van der Waals surface area contributed by atoms with Gasteiger partial charge in [-0.25, -0.2) is 4.79 Å². The smallest absolute Gasteiger partial charge is 0.407 e. The second-order valence-electron chi connectivity index (χ2n) is 7.23. The van der Waals surface area contributed by atoms with Gasteiger partial charge >= 0.3 is 6.09 Å². The minimum absolute atomic E-state index is 0.129. The Hall–Kier alpha value is -3.08. The highest BCUT2D eigenvalue weighted by Crippen LogP contribution is 2.33. The molecule has 7 nitrogen and oxygen atoms in total. The van der Waals surface area contributed by atoms with Crippen LogP contribution in [0.3, 0.4) is 0 Å². The van der Waals surface area contributed by atoms with Crippen molar-refractivity contribution >= 4 is 28.6 Å². The first-order valence-corrected chi connectivity index (χ1v) is 9.69. The highest BCUT2D eigenvalue weighted by Gasteiger charge is 2.25. The van der Waals surface area contributed by atoms with E-state index in [4.69, 9.17) is 16.7 Å². The first-order chi connectivity index (χ1) is 14.0. The molecule has 0 bridgehead atoms. The molecule has 1 atom stereocenters. The van der Waals surface area contributed by atoms with E-state index in [1.807, 2.05) is 29.8 Å². The molecule has 2 aromatic heterocycles. The molecule has 0 spiro atoms. The van der Waals surface area contributed by atoms with Gasteiger partial charge in [-0.15, -0.1) is 0 Å². The number of nitrogens with one attached hydrogen (secondary N) is 1. The molecule has 1 saturated heterocycles. The van der Waals surface area contributed by atoms with Crippen LogP contribution in [0, 0.1) is 11.3 Å². The van der Waals surface area contributed by atoms with E-state index in [0.717, 1.165) is 34.1 Å². The SMILES string of the molecule is Cn1c(-c2cncc(CN[C@@H]3CCN(C(=O)O)C3)c2)c(C#N)c2ccc(Cl)cc21. The van der Waals surface area contributed by atoms with E-state index in [-0.39, 0.29) is 6.04 Å². The van der Waals surface area contributed by atoms with Gasteiger partial charge in [0.2, 0.25) is 0 Å². The van der Waals surface area contributed by atoms with Crippen molar-refractivity contribution in [3.63, 3.8) is 0 Å². The monoisotopic (exact) mass is 409 g/mol. The van der Waals surface area contributed by atoms with Gasteiger partial charge in [-0.05, 0) is 36.2 Å². The summed E-state index contributed by atoms with van der Waals surface area (Å²) in [6.07, 6.45) is 3.45. The Labute approximate surface area is 173 Å². The third-order valence-corrected chi connectivity index (χ3v) is 5.63. The Kier molecular flexibility index (Phi) is 5.14. The molecule has 0 saturated carbocycles. The lowest BCUT2D eigenvalue weighted by molar-refractivity contribution is 0.154. The summed E-state index contributed by atoms with van der Waals surface area (Å²) in [5.74, 6) is 0. The molecule has 2 N–H and O–H groups in total. The normalized spacial score (nSPS) is 16.3. The number of pyridine rings is 1. The predicted molar refractivity (Wildman–Crippen MR) is 111 cm³/mol. The van der Waals surface area contributed by atoms with Crippen LogP contribution < -0.4 is 5.32 Å². The molecule has 29 heavy (non-hydrogen) atoms. The van der Waals surface area contributed by atoms with Crippen molar-refractivity contribution in [2.45, 2.75) is 19.0 Å². The Morgan fingerprint density at radius 3 is 2.97 bits per heavy atom. The van der Waals surface area contributed by atoms with Crippen LogP contribution in [0.4, 0.5) is 4.79 Å². The lowest BCUT2D eigenvalue weighted by Crippen LogP contribution is -2.34. The van der Waals surface area contributed by atoms with Crippen LogP contribution in [0.15, 0.2) is 36.7 Å². The summed E-state index contributed by atoms with van der Waals surface area (Å²) in [5.41, 5.74) is 4.13. The highest BCUT2D eigenvalue weighted by atomic mass is 35.5. The molecule has 0 aliphatic carbocycles.